The van der Waals surface area contributed by atoms with Crippen LogP contribution in [0.1, 0.15) is 28.2 Å². The van der Waals surface area contributed by atoms with Gasteiger partial charge in [-0.2, -0.15) is 0 Å². The Kier molecular flexibility index (Phi) is 2.92. The van der Waals surface area contributed by atoms with Crippen LogP contribution in [0.2, 0.25) is 0 Å². The van der Waals surface area contributed by atoms with Gasteiger partial charge >= 0.3 is 0 Å². The molecule has 3 rings (SSSR count). The zero-order chi connectivity index (χ0) is 12.5. The molecule has 0 saturated carbocycles. The number of nitrogens with two attached hydrogens (primary N) is 1. The van der Waals surface area contributed by atoms with E-state index in [9.17, 15) is 0 Å². The first-order chi connectivity index (χ1) is 8.75. The smallest absolute Gasteiger partial charge is 0.0152 e. The summed E-state index contributed by atoms with van der Waals surface area (Å²) in [7, 11) is 0. The largest absolute Gasteiger partial charge is 0.327 e. The van der Waals surface area contributed by atoms with Crippen LogP contribution in [0.25, 0.3) is 0 Å². The molecule has 0 radical (unpaired) electrons. The van der Waals surface area contributed by atoms with Gasteiger partial charge in [0.05, 0.1) is 0 Å². The van der Waals surface area contributed by atoms with Crippen molar-refractivity contribution in [3.63, 3.8) is 0 Å². The Balaban J connectivity index is 1.75. The molecule has 0 saturated heterocycles. The van der Waals surface area contributed by atoms with Crippen molar-refractivity contribution in [2.75, 3.05) is 0 Å². The van der Waals surface area contributed by atoms with Crippen molar-refractivity contribution in [1.82, 2.24) is 0 Å². The normalized spacial score (nSPS) is 18.9. The highest BCUT2D eigenvalue weighted by molar-refractivity contribution is 5.41. The van der Waals surface area contributed by atoms with Crippen molar-refractivity contribution in [1.29, 1.82) is 0 Å². The summed E-state index contributed by atoms with van der Waals surface area (Å²) in [4.78, 5) is 0. The Morgan fingerprint density at radius 2 is 1.83 bits per heavy atom. The van der Waals surface area contributed by atoms with E-state index < -0.39 is 0 Å². The van der Waals surface area contributed by atoms with E-state index in [1.807, 2.05) is 0 Å². The Morgan fingerprint density at radius 1 is 1.11 bits per heavy atom. The maximum absolute atomic E-state index is 6.39. The van der Waals surface area contributed by atoms with Gasteiger partial charge in [-0.15, -0.1) is 0 Å². The summed E-state index contributed by atoms with van der Waals surface area (Å²) >= 11 is 0. The molecule has 2 aromatic rings. The molecule has 0 fully saturated rings. The van der Waals surface area contributed by atoms with Crippen LogP contribution in [0.4, 0.5) is 0 Å². The van der Waals surface area contributed by atoms with E-state index in [1.54, 1.807) is 0 Å². The minimum absolute atomic E-state index is 0.237. The molecule has 18 heavy (non-hydrogen) atoms. The Hall–Kier alpha value is -1.60. The number of hydrogen-bond acceptors (Lipinski definition) is 1. The van der Waals surface area contributed by atoms with Crippen molar-refractivity contribution in [2.24, 2.45) is 5.73 Å². The van der Waals surface area contributed by atoms with E-state index >= 15 is 0 Å². The van der Waals surface area contributed by atoms with Crippen LogP contribution in [-0.2, 0) is 12.8 Å². The van der Waals surface area contributed by atoms with Crippen LogP contribution in [-0.4, -0.2) is 6.04 Å². The number of rotatable bonds is 3. The molecule has 92 valence electrons. The first-order valence-corrected chi connectivity index (χ1v) is 6.63. The third-order valence-electron chi connectivity index (χ3n) is 4.13. The summed E-state index contributed by atoms with van der Waals surface area (Å²) < 4.78 is 0. The van der Waals surface area contributed by atoms with E-state index in [4.69, 9.17) is 5.73 Å². The zero-order valence-corrected chi connectivity index (χ0v) is 10.8. The van der Waals surface area contributed by atoms with Crippen LogP contribution in [0.3, 0.4) is 0 Å². The van der Waals surface area contributed by atoms with E-state index in [0.717, 1.165) is 12.8 Å². The summed E-state index contributed by atoms with van der Waals surface area (Å²) in [5.41, 5.74) is 12.1. The first-order valence-electron chi connectivity index (χ1n) is 6.63. The predicted molar refractivity (Wildman–Crippen MR) is 75.7 cm³/mol. The predicted octanol–water partition coefficient (Wildman–Crippen LogP) is 3.20. The molecule has 0 aromatic heterocycles. The fourth-order valence-electron chi connectivity index (χ4n) is 2.91. The van der Waals surface area contributed by atoms with Gasteiger partial charge in [-0.1, -0.05) is 48.5 Å². The number of fused-ring (bicyclic) bond motifs is 1. The van der Waals surface area contributed by atoms with E-state index in [0.29, 0.717) is 5.92 Å². The topological polar surface area (TPSA) is 26.0 Å². The SMILES string of the molecule is Cc1ccccc1CC(N)C1Cc2ccccc21. The first kappa shape index (κ1) is 11.5. The van der Waals surface area contributed by atoms with Crippen molar-refractivity contribution in [3.8, 4) is 0 Å². The van der Waals surface area contributed by atoms with Gasteiger partial charge in [0, 0.05) is 12.0 Å². The van der Waals surface area contributed by atoms with Gasteiger partial charge in [0.25, 0.3) is 0 Å². The Morgan fingerprint density at radius 3 is 2.61 bits per heavy atom. The summed E-state index contributed by atoms with van der Waals surface area (Å²) in [5.74, 6) is 0.542. The van der Waals surface area contributed by atoms with Gasteiger partial charge in [-0.3, -0.25) is 0 Å². The standard InChI is InChI=1S/C17H19N/c1-12-6-2-3-7-13(12)11-17(18)16-10-14-8-4-5-9-15(14)16/h2-9,16-17H,10-11,18H2,1H3. The lowest BCUT2D eigenvalue weighted by molar-refractivity contribution is 0.480. The highest BCUT2D eigenvalue weighted by Gasteiger charge is 2.30. The molecule has 1 aliphatic rings. The van der Waals surface area contributed by atoms with Crippen LogP contribution < -0.4 is 5.73 Å². The molecule has 0 heterocycles. The number of hydrogen-bond donors (Lipinski definition) is 1. The fraction of sp³-hybridized carbons (Fsp3) is 0.294. The molecule has 2 aromatic carbocycles. The lowest BCUT2D eigenvalue weighted by Gasteiger charge is -2.35. The quantitative estimate of drug-likeness (QED) is 0.871. The van der Waals surface area contributed by atoms with Gasteiger partial charge in [0.2, 0.25) is 0 Å². The van der Waals surface area contributed by atoms with Crippen LogP contribution >= 0.6 is 0 Å². The monoisotopic (exact) mass is 237 g/mol. The van der Waals surface area contributed by atoms with Crippen molar-refractivity contribution in [3.05, 3.63) is 70.8 Å². The van der Waals surface area contributed by atoms with Crippen LogP contribution in [0, 0.1) is 6.92 Å². The average molecular weight is 237 g/mol. The lowest BCUT2D eigenvalue weighted by Crippen LogP contribution is -2.37. The summed E-state index contributed by atoms with van der Waals surface area (Å²) in [6, 6.07) is 17.4. The maximum Gasteiger partial charge on any atom is 0.0152 e. The number of benzene rings is 2. The van der Waals surface area contributed by atoms with E-state index in [1.165, 1.54) is 22.3 Å². The third-order valence-corrected chi connectivity index (χ3v) is 4.13. The van der Waals surface area contributed by atoms with E-state index in [-0.39, 0.29) is 6.04 Å². The number of aryl methyl sites for hydroxylation is 1. The fourth-order valence-corrected chi connectivity index (χ4v) is 2.91. The van der Waals surface area contributed by atoms with Gasteiger partial charge in [0.15, 0.2) is 0 Å². The summed E-state index contributed by atoms with van der Waals surface area (Å²) in [6.07, 6.45) is 2.12. The zero-order valence-electron chi connectivity index (χ0n) is 10.8. The Bertz CT molecular complexity index is 559. The Labute approximate surface area is 109 Å². The molecule has 0 spiro atoms. The average Bonchev–Trinajstić information content (AvgIpc) is 2.34. The molecular formula is C17H19N. The highest BCUT2D eigenvalue weighted by atomic mass is 14.7. The molecule has 0 bridgehead atoms. The second kappa shape index (κ2) is 4.58. The van der Waals surface area contributed by atoms with Crippen molar-refractivity contribution < 1.29 is 0 Å². The molecule has 0 aliphatic heterocycles. The minimum atomic E-state index is 0.237. The van der Waals surface area contributed by atoms with Crippen molar-refractivity contribution >= 4 is 0 Å². The minimum Gasteiger partial charge on any atom is -0.327 e. The molecule has 2 atom stereocenters. The van der Waals surface area contributed by atoms with Crippen molar-refractivity contribution in [2.45, 2.75) is 31.7 Å². The molecule has 1 heteroatoms. The van der Waals surface area contributed by atoms with Gasteiger partial charge in [0.1, 0.15) is 0 Å². The van der Waals surface area contributed by atoms with E-state index in [2.05, 4.69) is 55.5 Å². The molecule has 0 amide bonds. The van der Waals surface area contributed by atoms with Crippen LogP contribution in [0.5, 0.6) is 0 Å². The summed E-state index contributed by atoms with van der Waals surface area (Å²) in [5, 5.41) is 0. The summed E-state index contributed by atoms with van der Waals surface area (Å²) in [6.45, 7) is 2.16. The molecule has 1 nitrogen and oxygen atoms in total. The van der Waals surface area contributed by atoms with Gasteiger partial charge in [-0.25, -0.2) is 0 Å². The van der Waals surface area contributed by atoms with Gasteiger partial charge in [-0.05, 0) is 42.0 Å². The lowest BCUT2D eigenvalue weighted by atomic mass is 9.72. The maximum atomic E-state index is 6.39. The second-order valence-corrected chi connectivity index (χ2v) is 5.30. The molecular weight excluding hydrogens is 218 g/mol. The molecule has 1 aliphatic carbocycles. The third kappa shape index (κ3) is 1.95. The highest BCUT2D eigenvalue weighted by Crippen LogP contribution is 2.37. The van der Waals surface area contributed by atoms with Crippen LogP contribution in [0.15, 0.2) is 48.5 Å². The second-order valence-electron chi connectivity index (χ2n) is 5.30. The molecule has 2 unspecified atom stereocenters. The van der Waals surface area contributed by atoms with Gasteiger partial charge < -0.3 is 5.73 Å². The molecule has 2 N–H and O–H groups in total.